The van der Waals surface area contributed by atoms with Gasteiger partial charge in [0.25, 0.3) is 0 Å². The molecule has 0 radical (unpaired) electrons. The number of Topliss-reactive ketones (excluding diaryl/α,β-unsaturated/α-hetero) is 2. The summed E-state index contributed by atoms with van der Waals surface area (Å²) in [6.07, 6.45) is 0.205. The van der Waals surface area contributed by atoms with Crippen LogP contribution >= 0.6 is 0 Å². The standard InChI is InChI=1S/C14H18O4/c1-3-18-13-6-4-11(5-7-13)14(16)10-12(15)8-9-17-2/h4-7H,3,8-10H2,1-2H3. The normalized spacial score (nSPS) is 10.1. The van der Waals surface area contributed by atoms with E-state index >= 15 is 0 Å². The summed E-state index contributed by atoms with van der Waals surface area (Å²) in [5.41, 5.74) is 0.532. The summed E-state index contributed by atoms with van der Waals surface area (Å²) in [5.74, 6) is 0.453. The SMILES string of the molecule is CCOc1ccc(C(=O)CC(=O)CCOC)cc1. The summed E-state index contributed by atoms with van der Waals surface area (Å²) in [6.45, 7) is 2.84. The van der Waals surface area contributed by atoms with Gasteiger partial charge in [0.1, 0.15) is 11.5 Å². The third-order valence-corrected chi connectivity index (χ3v) is 2.43. The molecule has 0 aliphatic rings. The van der Waals surface area contributed by atoms with Crippen LogP contribution in [0.15, 0.2) is 24.3 Å². The summed E-state index contributed by atoms with van der Waals surface area (Å²) < 4.78 is 10.1. The van der Waals surface area contributed by atoms with Crippen LogP contribution in [0.5, 0.6) is 5.75 Å². The second-order valence-corrected chi connectivity index (χ2v) is 3.84. The molecule has 1 aromatic rings. The van der Waals surface area contributed by atoms with Gasteiger partial charge in [-0.3, -0.25) is 9.59 Å². The molecule has 0 N–H and O–H groups in total. The smallest absolute Gasteiger partial charge is 0.170 e. The zero-order chi connectivity index (χ0) is 13.4. The number of ether oxygens (including phenoxy) is 2. The number of ketones is 2. The van der Waals surface area contributed by atoms with E-state index in [0.29, 0.717) is 18.8 Å². The maximum Gasteiger partial charge on any atom is 0.170 e. The Morgan fingerprint density at radius 3 is 2.39 bits per heavy atom. The first kappa shape index (κ1) is 14.4. The maximum atomic E-state index is 11.8. The highest BCUT2D eigenvalue weighted by molar-refractivity contribution is 6.07. The fraction of sp³-hybridized carbons (Fsp3) is 0.429. The van der Waals surface area contributed by atoms with E-state index in [1.54, 1.807) is 24.3 Å². The van der Waals surface area contributed by atoms with Crippen LogP contribution in [0.2, 0.25) is 0 Å². The molecule has 0 fully saturated rings. The Morgan fingerprint density at radius 2 is 1.83 bits per heavy atom. The van der Waals surface area contributed by atoms with E-state index in [1.807, 2.05) is 6.92 Å². The van der Waals surface area contributed by atoms with Crippen molar-refractivity contribution < 1.29 is 19.1 Å². The van der Waals surface area contributed by atoms with Crippen molar-refractivity contribution in [1.82, 2.24) is 0 Å². The number of methoxy groups -OCH3 is 1. The molecule has 0 atom stereocenters. The molecule has 98 valence electrons. The largest absolute Gasteiger partial charge is 0.494 e. The number of rotatable bonds is 8. The van der Waals surface area contributed by atoms with Gasteiger partial charge in [-0.1, -0.05) is 0 Å². The molecule has 4 nitrogen and oxygen atoms in total. The molecule has 0 bridgehead atoms. The van der Waals surface area contributed by atoms with E-state index in [4.69, 9.17) is 9.47 Å². The predicted molar refractivity (Wildman–Crippen MR) is 68.1 cm³/mol. The number of benzene rings is 1. The highest BCUT2D eigenvalue weighted by Gasteiger charge is 2.11. The highest BCUT2D eigenvalue weighted by Crippen LogP contribution is 2.13. The summed E-state index contributed by atoms with van der Waals surface area (Å²) >= 11 is 0. The maximum absolute atomic E-state index is 11.8. The number of hydrogen-bond acceptors (Lipinski definition) is 4. The Bertz CT molecular complexity index is 395. The van der Waals surface area contributed by atoms with Crippen LogP contribution in [0.4, 0.5) is 0 Å². The van der Waals surface area contributed by atoms with Crippen molar-refractivity contribution in [3.05, 3.63) is 29.8 Å². The average molecular weight is 250 g/mol. The summed E-state index contributed by atoms with van der Waals surface area (Å²) in [7, 11) is 1.53. The van der Waals surface area contributed by atoms with E-state index in [0.717, 1.165) is 5.75 Å². The van der Waals surface area contributed by atoms with Crippen LogP contribution in [0.3, 0.4) is 0 Å². The lowest BCUT2D eigenvalue weighted by Gasteiger charge is -2.04. The second-order valence-electron chi connectivity index (χ2n) is 3.84. The third-order valence-electron chi connectivity index (χ3n) is 2.43. The summed E-state index contributed by atoms with van der Waals surface area (Å²) in [6, 6.07) is 6.82. The lowest BCUT2D eigenvalue weighted by Crippen LogP contribution is -2.10. The Balaban J connectivity index is 2.53. The van der Waals surface area contributed by atoms with Gasteiger partial charge >= 0.3 is 0 Å². The van der Waals surface area contributed by atoms with Gasteiger partial charge in [0.2, 0.25) is 0 Å². The zero-order valence-corrected chi connectivity index (χ0v) is 10.8. The summed E-state index contributed by atoms with van der Waals surface area (Å²) in [5, 5.41) is 0. The minimum atomic E-state index is -0.167. The molecular weight excluding hydrogens is 232 g/mol. The summed E-state index contributed by atoms with van der Waals surface area (Å²) in [4.78, 5) is 23.2. The van der Waals surface area contributed by atoms with E-state index in [1.165, 1.54) is 7.11 Å². The van der Waals surface area contributed by atoms with Gasteiger partial charge in [-0.05, 0) is 31.2 Å². The third kappa shape index (κ3) is 4.67. The molecule has 1 aromatic carbocycles. The minimum Gasteiger partial charge on any atom is -0.494 e. The molecule has 0 saturated heterocycles. The first-order valence-corrected chi connectivity index (χ1v) is 5.94. The van der Waals surface area contributed by atoms with Crippen LogP contribution in [-0.2, 0) is 9.53 Å². The van der Waals surface area contributed by atoms with Gasteiger partial charge in [0.15, 0.2) is 5.78 Å². The van der Waals surface area contributed by atoms with Crippen LogP contribution in [0, 0.1) is 0 Å². The second kappa shape index (κ2) is 7.61. The van der Waals surface area contributed by atoms with Gasteiger partial charge in [-0.15, -0.1) is 0 Å². The van der Waals surface area contributed by atoms with Crippen LogP contribution in [0.25, 0.3) is 0 Å². The molecule has 0 heterocycles. The molecule has 0 aromatic heterocycles. The highest BCUT2D eigenvalue weighted by atomic mass is 16.5. The average Bonchev–Trinajstić information content (AvgIpc) is 2.37. The van der Waals surface area contributed by atoms with Crippen molar-refractivity contribution >= 4 is 11.6 Å². The quantitative estimate of drug-likeness (QED) is 0.524. The Kier molecular flexibility index (Phi) is 6.08. The molecule has 0 unspecified atom stereocenters. The molecule has 4 heteroatoms. The molecule has 18 heavy (non-hydrogen) atoms. The van der Waals surface area contributed by atoms with Crippen LogP contribution < -0.4 is 4.74 Å². The molecule has 1 rings (SSSR count). The topological polar surface area (TPSA) is 52.6 Å². The number of carbonyl (C=O) groups is 2. The number of carbonyl (C=O) groups excluding carboxylic acids is 2. The molecule has 0 saturated carbocycles. The van der Waals surface area contributed by atoms with E-state index in [9.17, 15) is 9.59 Å². The van der Waals surface area contributed by atoms with E-state index < -0.39 is 0 Å². The first-order valence-electron chi connectivity index (χ1n) is 5.94. The van der Waals surface area contributed by atoms with Crippen molar-refractivity contribution in [2.24, 2.45) is 0 Å². The molecule has 0 aliphatic carbocycles. The van der Waals surface area contributed by atoms with Gasteiger partial charge in [0, 0.05) is 19.1 Å². The zero-order valence-electron chi connectivity index (χ0n) is 10.8. The van der Waals surface area contributed by atoms with E-state index in [2.05, 4.69) is 0 Å². The van der Waals surface area contributed by atoms with Crippen molar-refractivity contribution in [1.29, 1.82) is 0 Å². The van der Waals surface area contributed by atoms with Crippen molar-refractivity contribution in [2.45, 2.75) is 19.8 Å². The number of hydrogen-bond donors (Lipinski definition) is 0. The van der Waals surface area contributed by atoms with Crippen molar-refractivity contribution in [2.75, 3.05) is 20.3 Å². The molecule has 0 amide bonds. The first-order chi connectivity index (χ1) is 8.67. The Labute approximate surface area is 107 Å². The van der Waals surface area contributed by atoms with Crippen LogP contribution in [-0.4, -0.2) is 31.9 Å². The fourth-order valence-electron chi connectivity index (χ4n) is 1.49. The lowest BCUT2D eigenvalue weighted by atomic mass is 10.0. The Hall–Kier alpha value is -1.68. The van der Waals surface area contributed by atoms with Gasteiger partial charge < -0.3 is 9.47 Å². The Morgan fingerprint density at radius 1 is 1.17 bits per heavy atom. The molecule has 0 spiro atoms. The van der Waals surface area contributed by atoms with Gasteiger partial charge in [-0.2, -0.15) is 0 Å². The van der Waals surface area contributed by atoms with E-state index in [-0.39, 0.29) is 24.4 Å². The van der Waals surface area contributed by atoms with Gasteiger partial charge in [0.05, 0.1) is 19.6 Å². The van der Waals surface area contributed by atoms with Gasteiger partial charge in [-0.25, -0.2) is 0 Å². The molecule has 0 aliphatic heterocycles. The van der Waals surface area contributed by atoms with Crippen molar-refractivity contribution in [3.63, 3.8) is 0 Å². The molecular formula is C14H18O4. The fourth-order valence-corrected chi connectivity index (χ4v) is 1.49. The van der Waals surface area contributed by atoms with Crippen molar-refractivity contribution in [3.8, 4) is 5.75 Å². The monoisotopic (exact) mass is 250 g/mol. The predicted octanol–water partition coefficient (Wildman–Crippen LogP) is 2.26. The minimum absolute atomic E-state index is 0.0721. The lowest BCUT2D eigenvalue weighted by molar-refractivity contribution is -0.119. The van der Waals surface area contributed by atoms with Crippen LogP contribution in [0.1, 0.15) is 30.1 Å².